The average Bonchev–Trinajstić information content (AvgIpc) is 3.01. The second-order valence-corrected chi connectivity index (χ2v) is 6.19. The van der Waals surface area contributed by atoms with Crippen LogP contribution < -0.4 is 20.3 Å². The van der Waals surface area contributed by atoms with Crippen LogP contribution in [0.4, 0.5) is 18.9 Å². The zero-order valence-corrected chi connectivity index (χ0v) is 17.7. The predicted molar refractivity (Wildman–Crippen MR) is 109 cm³/mol. The van der Waals surface area contributed by atoms with E-state index in [1.807, 2.05) is 12.1 Å². The summed E-state index contributed by atoms with van der Waals surface area (Å²) in [6, 6.07) is 5.50. The van der Waals surface area contributed by atoms with Crippen LogP contribution in [0.25, 0.3) is 0 Å². The van der Waals surface area contributed by atoms with Gasteiger partial charge in [-0.1, -0.05) is 11.6 Å². The summed E-state index contributed by atoms with van der Waals surface area (Å²) in [6.45, 7) is 1.26. The number of ether oxygens (including phenoxy) is 1. The van der Waals surface area contributed by atoms with E-state index in [-0.39, 0.29) is 36.6 Å². The SMILES string of the molecule is CN=C(NCCC(F)(F)F)NC1CCN(c2cc(Cl)ccc2OC)C1.I. The molecular formula is C16H23ClF3IN4O. The van der Waals surface area contributed by atoms with E-state index in [0.717, 1.165) is 24.4 Å². The minimum absolute atomic E-state index is 0. The Hall–Kier alpha value is -1.10. The summed E-state index contributed by atoms with van der Waals surface area (Å²) in [5.41, 5.74) is 0.902. The normalized spacial score (nSPS) is 17.7. The van der Waals surface area contributed by atoms with Gasteiger partial charge in [0.25, 0.3) is 0 Å². The van der Waals surface area contributed by atoms with Crippen molar-refractivity contribution >= 4 is 47.2 Å². The number of halogens is 5. The summed E-state index contributed by atoms with van der Waals surface area (Å²) in [5.74, 6) is 1.10. The molecule has 1 aliphatic rings. The van der Waals surface area contributed by atoms with Gasteiger partial charge in [-0.3, -0.25) is 4.99 Å². The van der Waals surface area contributed by atoms with Crippen molar-refractivity contribution in [1.29, 1.82) is 0 Å². The fourth-order valence-corrected chi connectivity index (χ4v) is 2.88. The van der Waals surface area contributed by atoms with Gasteiger partial charge in [0.15, 0.2) is 5.96 Å². The van der Waals surface area contributed by atoms with E-state index in [9.17, 15) is 13.2 Å². The molecule has 0 spiro atoms. The molecule has 1 saturated heterocycles. The molecule has 1 heterocycles. The lowest BCUT2D eigenvalue weighted by molar-refractivity contribution is -0.132. The Morgan fingerprint density at radius 1 is 1.42 bits per heavy atom. The molecule has 0 saturated carbocycles. The number of guanidine groups is 1. The molecule has 1 aromatic rings. The fraction of sp³-hybridized carbons (Fsp3) is 0.562. The molecule has 2 rings (SSSR count). The maximum atomic E-state index is 12.2. The summed E-state index contributed by atoms with van der Waals surface area (Å²) >= 11 is 6.07. The quantitative estimate of drug-likeness (QED) is 0.364. The lowest BCUT2D eigenvalue weighted by Gasteiger charge is -2.22. The van der Waals surface area contributed by atoms with Crippen LogP contribution >= 0.6 is 35.6 Å². The van der Waals surface area contributed by atoms with Crippen LogP contribution in [0, 0.1) is 0 Å². The van der Waals surface area contributed by atoms with Crippen molar-refractivity contribution in [2.45, 2.75) is 25.1 Å². The number of nitrogens with zero attached hydrogens (tertiary/aromatic N) is 2. The zero-order valence-electron chi connectivity index (χ0n) is 14.6. The zero-order chi connectivity index (χ0) is 18.4. The highest BCUT2D eigenvalue weighted by Crippen LogP contribution is 2.33. The highest BCUT2D eigenvalue weighted by molar-refractivity contribution is 14.0. The van der Waals surface area contributed by atoms with Crippen LogP contribution in [0.1, 0.15) is 12.8 Å². The molecule has 2 N–H and O–H groups in total. The van der Waals surface area contributed by atoms with E-state index in [2.05, 4.69) is 20.5 Å². The van der Waals surface area contributed by atoms with E-state index in [4.69, 9.17) is 16.3 Å². The van der Waals surface area contributed by atoms with Crippen molar-refractivity contribution in [3.05, 3.63) is 23.2 Å². The first-order valence-corrected chi connectivity index (χ1v) is 8.32. The molecule has 0 aliphatic carbocycles. The summed E-state index contributed by atoms with van der Waals surface area (Å²) in [6.07, 6.45) is -4.25. The van der Waals surface area contributed by atoms with Gasteiger partial charge < -0.3 is 20.3 Å². The molecule has 0 amide bonds. The van der Waals surface area contributed by atoms with Crippen molar-refractivity contribution in [1.82, 2.24) is 10.6 Å². The monoisotopic (exact) mass is 506 g/mol. The Balaban J connectivity index is 0.00000338. The molecule has 148 valence electrons. The van der Waals surface area contributed by atoms with Gasteiger partial charge in [-0.25, -0.2) is 0 Å². The van der Waals surface area contributed by atoms with Crippen LogP contribution in [0.3, 0.4) is 0 Å². The van der Waals surface area contributed by atoms with Crippen molar-refractivity contribution in [2.75, 3.05) is 38.7 Å². The lowest BCUT2D eigenvalue weighted by Crippen LogP contribution is -2.45. The van der Waals surface area contributed by atoms with E-state index in [0.29, 0.717) is 17.5 Å². The molecule has 1 unspecified atom stereocenters. The molecule has 1 aromatic carbocycles. The maximum Gasteiger partial charge on any atom is 0.390 e. The van der Waals surface area contributed by atoms with Gasteiger partial charge >= 0.3 is 6.18 Å². The average molecular weight is 507 g/mol. The van der Waals surface area contributed by atoms with Gasteiger partial charge in [0.1, 0.15) is 5.75 Å². The number of methoxy groups -OCH3 is 1. The third-order valence-electron chi connectivity index (χ3n) is 3.94. The second-order valence-electron chi connectivity index (χ2n) is 5.76. The molecule has 10 heteroatoms. The highest BCUT2D eigenvalue weighted by Gasteiger charge is 2.28. The third-order valence-corrected chi connectivity index (χ3v) is 4.17. The first-order valence-electron chi connectivity index (χ1n) is 7.95. The number of hydrogen-bond donors (Lipinski definition) is 2. The van der Waals surface area contributed by atoms with Crippen LogP contribution in [-0.4, -0.2) is 52.0 Å². The number of aliphatic imine (C=N–C) groups is 1. The molecule has 0 aromatic heterocycles. The summed E-state index contributed by atoms with van der Waals surface area (Å²) < 4.78 is 42.1. The van der Waals surface area contributed by atoms with Gasteiger partial charge in [0, 0.05) is 37.7 Å². The van der Waals surface area contributed by atoms with Crippen molar-refractivity contribution in [3.63, 3.8) is 0 Å². The van der Waals surface area contributed by atoms with Crippen LogP contribution in [-0.2, 0) is 0 Å². The number of rotatable bonds is 5. The van der Waals surface area contributed by atoms with Crippen molar-refractivity contribution < 1.29 is 17.9 Å². The van der Waals surface area contributed by atoms with Crippen LogP contribution in [0.5, 0.6) is 5.75 Å². The van der Waals surface area contributed by atoms with Gasteiger partial charge in [0.2, 0.25) is 0 Å². The Labute approximate surface area is 173 Å². The van der Waals surface area contributed by atoms with Gasteiger partial charge in [0.05, 0.1) is 19.2 Å². The Morgan fingerprint density at radius 3 is 2.77 bits per heavy atom. The molecule has 0 bridgehead atoms. The topological polar surface area (TPSA) is 48.9 Å². The van der Waals surface area contributed by atoms with Gasteiger partial charge in [-0.05, 0) is 24.6 Å². The number of nitrogens with one attached hydrogen (secondary N) is 2. The summed E-state index contributed by atoms with van der Waals surface area (Å²) in [7, 11) is 3.14. The van der Waals surface area contributed by atoms with Crippen molar-refractivity contribution in [3.8, 4) is 5.75 Å². The molecule has 1 atom stereocenters. The molecule has 1 aliphatic heterocycles. The Bertz CT molecular complexity index is 616. The summed E-state index contributed by atoms with van der Waals surface area (Å²) in [5, 5.41) is 6.48. The summed E-state index contributed by atoms with van der Waals surface area (Å²) in [4.78, 5) is 6.11. The predicted octanol–water partition coefficient (Wildman–Crippen LogP) is 3.66. The smallest absolute Gasteiger partial charge is 0.390 e. The van der Waals surface area contributed by atoms with E-state index >= 15 is 0 Å². The minimum atomic E-state index is -4.18. The number of benzene rings is 1. The lowest BCUT2D eigenvalue weighted by atomic mass is 10.2. The minimum Gasteiger partial charge on any atom is -0.495 e. The molecule has 5 nitrogen and oxygen atoms in total. The fourth-order valence-electron chi connectivity index (χ4n) is 2.72. The molecule has 0 radical (unpaired) electrons. The molecule has 1 fully saturated rings. The number of hydrogen-bond acceptors (Lipinski definition) is 3. The Kier molecular flexibility index (Phi) is 9.08. The largest absolute Gasteiger partial charge is 0.495 e. The van der Waals surface area contributed by atoms with Crippen LogP contribution in [0.2, 0.25) is 5.02 Å². The second kappa shape index (κ2) is 10.3. The molecular weight excluding hydrogens is 484 g/mol. The standard InChI is InChI=1S/C16H22ClF3N4O.HI/c1-21-15(22-7-6-16(18,19)20)23-12-5-8-24(10-12)13-9-11(17)3-4-14(13)25-2;/h3-4,9,12H,5-8,10H2,1-2H3,(H2,21,22,23);1H. The number of alkyl halides is 3. The van der Waals surface area contributed by atoms with Gasteiger partial charge in [-0.2, -0.15) is 13.2 Å². The third kappa shape index (κ3) is 6.90. The Morgan fingerprint density at radius 2 is 2.15 bits per heavy atom. The van der Waals surface area contributed by atoms with E-state index < -0.39 is 12.6 Å². The van der Waals surface area contributed by atoms with Gasteiger partial charge in [-0.15, -0.1) is 24.0 Å². The molecule has 26 heavy (non-hydrogen) atoms. The first kappa shape index (κ1) is 22.9. The van der Waals surface area contributed by atoms with E-state index in [1.165, 1.54) is 7.05 Å². The van der Waals surface area contributed by atoms with Crippen molar-refractivity contribution in [2.24, 2.45) is 4.99 Å². The van der Waals surface area contributed by atoms with E-state index in [1.54, 1.807) is 13.2 Å². The maximum absolute atomic E-state index is 12.2. The highest BCUT2D eigenvalue weighted by atomic mass is 127. The number of anilines is 1. The first-order chi connectivity index (χ1) is 11.8. The van der Waals surface area contributed by atoms with Crippen LogP contribution in [0.15, 0.2) is 23.2 Å².